The number of furan rings is 1. The monoisotopic (exact) mass is 320 g/mol. The Morgan fingerprint density at radius 2 is 2.26 bits per heavy atom. The molecule has 2 rings (SSSR count). The van der Waals surface area contributed by atoms with E-state index in [4.69, 9.17) is 9.15 Å². The lowest BCUT2D eigenvalue weighted by molar-refractivity contribution is 0.0265. The zero-order valence-electron chi connectivity index (χ0n) is 14.6. The molecule has 1 aromatic rings. The summed E-state index contributed by atoms with van der Waals surface area (Å²) in [5, 5.41) is 3.51. The molecular weight excluding hydrogens is 292 g/mol. The third-order valence-electron chi connectivity index (χ3n) is 3.72. The van der Waals surface area contributed by atoms with Crippen molar-refractivity contribution < 1.29 is 13.9 Å². The van der Waals surface area contributed by atoms with Crippen LogP contribution in [0.5, 0.6) is 0 Å². The maximum atomic E-state index is 12.0. The fourth-order valence-electron chi connectivity index (χ4n) is 2.47. The van der Waals surface area contributed by atoms with Crippen molar-refractivity contribution in [2.75, 3.05) is 19.6 Å². The van der Waals surface area contributed by atoms with E-state index in [9.17, 15) is 4.79 Å². The van der Waals surface area contributed by atoms with E-state index in [1.165, 1.54) is 5.57 Å². The van der Waals surface area contributed by atoms with Gasteiger partial charge in [-0.05, 0) is 46.2 Å². The van der Waals surface area contributed by atoms with Crippen molar-refractivity contribution in [3.63, 3.8) is 0 Å². The molecule has 0 radical (unpaired) electrons. The average molecular weight is 320 g/mol. The minimum absolute atomic E-state index is 0.230. The van der Waals surface area contributed by atoms with Crippen molar-refractivity contribution >= 4 is 6.09 Å². The van der Waals surface area contributed by atoms with Crippen molar-refractivity contribution in [2.24, 2.45) is 0 Å². The number of rotatable bonds is 5. The first kappa shape index (κ1) is 17.6. The van der Waals surface area contributed by atoms with E-state index in [0.29, 0.717) is 12.6 Å². The van der Waals surface area contributed by atoms with Gasteiger partial charge in [-0.2, -0.15) is 0 Å². The molecule has 2 heterocycles. The van der Waals surface area contributed by atoms with Gasteiger partial charge in [-0.1, -0.05) is 11.6 Å². The molecule has 0 aromatic carbocycles. The van der Waals surface area contributed by atoms with E-state index in [2.05, 4.69) is 18.3 Å². The highest BCUT2D eigenvalue weighted by atomic mass is 16.6. The van der Waals surface area contributed by atoms with Crippen molar-refractivity contribution in [3.05, 3.63) is 35.8 Å². The van der Waals surface area contributed by atoms with Crippen LogP contribution in [0.15, 0.2) is 34.5 Å². The maximum Gasteiger partial charge on any atom is 0.410 e. The first-order valence-corrected chi connectivity index (χ1v) is 8.25. The molecule has 0 saturated heterocycles. The van der Waals surface area contributed by atoms with Crippen LogP contribution < -0.4 is 5.32 Å². The van der Waals surface area contributed by atoms with Gasteiger partial charge in [0, 0.05) is 32.1 Å². The summed E-state index contributed by atoms with van der Waals surface area (Å²) in [6, 6.07) is 4.26. The van der Waals surface area contributed by atoms with E-state index in [-0.39, 0.29) is 6.09 Å². The summed E-state index contributed by atoms with van der Waals surface area (Å²) in [5.74, 6) is 0.999. The van der Waals surface area contributed by atoms with Gasteiger partial charge in [0.1, 0.15) is 11.4 Å². The predicted octanol–water partition coefficient (Wildman–Crippen LogP) is 3.37. The molecule has 1 N–H and O–H groups in total. The zero-order chi connectivity index (χ0) is 16.9. The van der Waals surface area contributed by atoms with Crippen LogP contribution in [0, 0.1) is 0 Å². The van der Waals surface area contributed by atoms with Gasteiger partial charge in [-0.15, -0.1) is 0 Å². The van der Waals surface area contributed by atoms with Crippen LogP contribution >= 0.6 is 0 Å². The van der Waals surface area contributed by atoms with Crippen LogP contribution in [0.1, 0.15) is 39.9 Å². The fraction of sp³-hybridized carbons (Fsp3) is 0.611. The van der Waals surface area contributed by atoms with E-state index in [1.54, 1.807) is 11.2 Å². The standard InChI is InChI=1S/C18H28N2O3/c1-14(12-16-6-5-11-22-16)19-13-15-7-9-20(10-8-15)17(21)23-18(2,3)4/h5-7,11,14,19H,8-10,12-13H2,1-4H3. The van der Waals surface area contributed by atoms with Crippen LogP contribution in [0.3, 0.4) is 0 Å². The molecule has 1 unspecified atom stereocenters. The van der Waals surface area contributed by atoms with Crippen LogP contribution in [-0.4, -0.2) is 42.3 Å². The second-order valence-corrected chi connectivity index (χ2v) is 7.10. The van der Waals surface area contributed by atoms with Crippen molar-refractivity contribution in [1.29, 1.82) is 0 Å². The third kappa shape index (κ3) is 6.10. The van der Waals surface area contributed by atoms with E-state index < -0.39 is 5.60 Å². The number of hydrogen-bond donors (Lipinski definition) is 1. The Morgan fingerprint density at radius 1 is 1.48 bits per heavy atom. The maximum absolute atomic E-state index is 12.0. The van der Waals surface area contributed by atoms with Gasteiger partial charge >= 0.3 is 6.09 Å². The topological polar surface area (TPSA) is 54.7 Å². The lowest BCUT2D eigenvalue weighted by atomic mass is 10.1. The largest absolute Gasteiger partial charge is 0.469 e. The third-order valence-corrected chi connectivity index (χ3v) is 3.72. The molecule has 1 aliphatic heterocycles. The first-order chi connectivity index (χ1) is 10.8. The Morgan fingerprint density at radius 3 is 2.83 bits per heavy atom. The summed E-state index contributed by atoms with van der Waals surface area (Å²) in [7, 11) is 0. The first-order valence-electron chi connectivity index (χ1n) is 8.25. The lowest BCUT2D eigenvalue weighted by Crippen LogP contribution is -2.40. The van der Waals surface area contributed by atoms with Gasteiger partial charge < -0.3 is 19.4 Å². The van der Waals surface area contributed by atoms with Gasteiger partial charge in [-0.3, -0.25) is 0 Å². The molecule has 1 aromatic heterocycles. The highest BCUT2D eigenvalue weighted by Crippen LogP contribution is 2.15. The van der Waals surface area contributed by atoms with Crippen molar-refractivity contribution in [3.8, 4) is 0 Å². The average Bonchev–Trinajstić information content (AvgIpc) is 2.97. The van der Waals surface area contributed by atoms with Crippen molar-refractivity contribution in [1.82, 2.24) is 10.2 Å². The van der Waals surface area contributed by atoms with Gasteiger partial charge in [0.2, 0.25) is 0 Å². The smallest absolute Gasteiger partial charge is 0.410 e. The summed E-state index contributed by atoms with van der Waals surface area (Å²) in [5.41, 5.74) is 0.903. The quantitative estimate of drug-likeness (QED) is 0.845. The zero-order valence-corrected chi connectivity index (χ0v) is 14.6. The van der Waals surface area contributed by atoms with E-state index in [1.807, 2.05) is 32.9 Å². The van der Waals surface area contributed by atoms with Gasteiger partial charge in [-0.25, -0.2) is 4.79 Å². The summed E-state index contributed by atoms with van der Waals surface area (Å²) < 4.78 is 10.8. The van der Waals surface area contributed by atoms with Crippen LogP contribution in [0.25, 0.3) is 0 Å². The highest BCUT2D eigenvalue weighted by molar-refractivity contribution is 5.68. The second kappa shape index (κ2) is 7.68. The fourth-order valence-corrected chi connectivity index (χ4v) is 2.47. The number of carbonyl (C=O) groups is 1. The highest BCUT2D eigenvalue weighted by Gasteiger charge is 2.23. The molecule has 1 atom stereocenters. The number of carbonyl (C=O) groups excluding carboxylic acids is 1. The molecular formula is C18H28N2O3. The summed E-state index contributed by atoms with van der Waals surface area (Å²) in [6.45, 7) is 10.0. The molecule has 128 valence electrons. The normalized spacial score (nSPS) is 16.9. The molecule has 0 bridgehead atoms. The summed E-state index contributed by atoms with van der Waals surface area (Å²) in [4.78, 5) is 13.8. The molecule has 0 saturated carbocycles. The van der Waals surface area contributed by atoms with E-state index in [0.717, 1.165) is 31.7 Å². The molecule has 23 heavy (non-hydrogen) atoms. The minimum atomic E-state index is -0.441. The number of amides is 1. The number of hydrogen-bond acceptors (Lipinski definition) is 4. The Hall–Kier alpha value is -1.75. The molecule has 1 aliphatic rings. The Bertz CT molecular complexity index is 529. The second-order valence-electron chi connectivity index (χ2n) is 7.10. The van der Waals surface area contributed by atoms with Crippen LogP contribution in [0.4, 0.5) is 4.79 Å². The van der Waals surface area contributed by atoms with E-state index >= 15 is 0 Å². The van der Waals surface area contributed by atoms with Crippen LogP contribution in [0.2, 0.25) is 0 Å². The molecule has 5 nitrogen and oxygen atoms in total. The SMILES string of the molecule is CC(Cc1ccco1)NCC1=CCN(C(=O)OC(C)(C)C)CC1. The van der Waals surface area contributed by atoms with Gasteiger partial charge in [0.15, 0.2) is 0 Å². The Balaban J connectivity index is 1.73. The predicted molar refractivity (Wildman–Crippen MR) is 90.4 cm³/mol. The Labute approximate surface area is 138 Å². The number of ether oxygens (including phenoxy) is 1. The minimum Gasteiger partial charge on any atom is -0.469 e. The molecule has 5 heteroatoms. The molecule has 0 aliphatic carbocycles. The lowest BCUT2D eigenvalue weighted by Gasteiger charge is -2.30. The molecule has 1 amide bonds. The number of nitrogens with one attached hydrogen (secondary N) is 1. The number of nitrogens with zero attached hydrogens (tertiary/aromatic N) is 1. The molecule has 0 spiro atoms. The Kier molecular flexibility index (Phi) is 5.88. The van der Waals surface area contributed by atoms with Crippen LogP contribution in [-0.2, 0) is 11.2 Å². The summed E-state index contributed by atoms with van der Waals surface area (Å²) in [6.07, 6.45) is 5.37. The van der Waals surface area contributed by atoms with Gasteiger partial charge in [0.25, 0.3) is 0 Å². The summed E-state index contributed by atoms with van der Waals surface area (Å²) >= 11 is 0. The van der Waals surface area contributed by atoms with Gasteiger partial charge in [0.05, 0.1) is 6.26 Å². The molecule has 0 fully saturated rings. The van der Waals surface area contributed by atoms with Crippen molar-refractivity contribution in [2.45, 2.75) is 52.2 Å².